The maximum absolute atomic E-state index is 10.1. The lowest BCUT2D eigenvalue weighted by atomic mass is 9.96. The number of imidazole rings is 1. The second kappa shape index (κ2) is 8.74. The number of aromatic nitrogens is 3. The topological polar surface area (TPSA) is 60.5 Å². The molecular weight excluding hydrogens is 408 g/mol. The van der Waals surface area contributed by atoms with Crippen molar-refractivity contribution in [3.63, 3.8) is 0 Å². The summed E-state index contributed by atoms with van der Waals surface area (Å²) in [6, 6.07) is 16.8. The molecule has 0 bridgehead atoms. The summed E-state index contributed by atoms with van der Waals surface area (Å²) in [5, 5.41) is 10.1. The van der Waals surface area contributed by atoms with Crippen LogP contribution in [0, 0.1) is 24.2 Å². The minimum Gasteiger partial charge on any atom is -0.354 e. The molecule has 1 fully saturated rings. The number of nitrogens with zero attached hydrogens (tertiary/aromatic N) is 6. The maximum Gasteiger partial charge on any atom is 0.157 e. The van der Waals surface area contributed by atoms with Crippen LogP contribution < -0.4 is 9.80 Å². The van der Waals surface area contributed by atoms with Crippen molar-refractivity contribution in [2.24, 2.45) is 5.92 Å². The van der Waals surface area contributed by atoms with E-state index in [1.54, 1.807) is 0 Å². The van der Waals surface area contributed by atoms with Crippen molar-refractivity contribution in [3.8, 4) is 6.07 Å². The van der Waals surface area contributed by atoms with E-state index in [4.69, 9.17) is 4.98 Å². The highest BCUT2D eigenvalue weighted by Gasteiger charge is 2.27. The number of nitriles is 1. The first-order valence-electron chi connectivity index (χ1n) is 11.8. The predicted molar refractivity (Wildman–Crippen MR) is 134 cm³/mol. The molecule has 0 amide bonds. The normalized spacial score (nSPS) is 14.4. The summed E-state index contributed by atoms with van der Waals surface area (Å²) in [6.45, 7) is 10.2. The second-order valence-corrected chi connectivity index (χ2v) is 9.27. The van der Waals surface area contributed by atoms with Gasteiger partial charge < -0.3 is 9.80 Å². The van der Waals surface area contributed by atoms with Gasteiger partial charge in [-0.15, -0.1) is 0 Å². The highest BCUT2D eigenvalue weighted by Crippen LogP contribution is 2.35. The van der Waals surface area contributed by atoms with Gasteiger partial charge in [0.05, 0.1) is 16.6 Å². The minimum absolute atomic E-state index is 0.596. The lowest BCUT2D eigenvalue weighted by Crippen LogP contribution is -2.47. The van der Waals surface area contributed by atoms with Crippen LogP contribution in [0.1, 0.15) is 37.0 Å². The summed E-state index contributed by atoms with van der Waals surface area (Å²) in [6.07, 6.45) is 3.90. The highest BCUT2D eigenvalue weighted by molar-refractivity contribution is 5.86. The lowest BCUT2D eigenvalue weighted by Gasteiger charge is -2.38. The van der Waals surface area contributed by atoms with Crippen LogP contribution in [0.5, 0.6) is 0 Å². The first-order chi connectivity index (χ1) is 16.1. The number of hydrogen-bond donors (Lipinski definition) is 0. The molecule has 0 atom stereocenters. The van der Waals surface area contributed by atoms with Gasteiger partial charge in [-0.3, -0.25) is 4.40 Å². The molecule has 3 aromatic heterocycles. The number of anilines is 2. The van der Waals surface area contributed by atoms with E-state index in [0.717, 1.165) is 67.1 Å². The molecule has 1 saturated heterocycles. The van der Waals surface area contributed by atoms with Crippen LogP contribution in [0.2, 0.25) is 0 Å². The molecule has 1 aliphatic heterocycles. The van der Waals surface area contributed by atoms with Crippen molar-refractivity contribution in [3.05, 3.63) is 65.4 Å². The van der Waals surface area contributed by atoms with Crippen molar-refractivity contribution in [1.29, 1.82) is 5.26 Å². The van der Waals surface area contributed by atoms with Crippen molar-refractivity contribution >= 4 is 28.3 Å². The molecule has 6 heteroatoms. The molecule has 168 valence electrons. The summed E-state index contributed by atoms with van der Waals surface area (Å²) in [5.41, 5.74) is 5.82. The van der Waals surface area contributed by atoms with E-state index in [-0.39, 0.29) is 0 Å². The van der Waals surface area contributed by atoms with E-state index in [9.17, 15) is 5.26 Å². The molecule has 0 saturated carbocycles. The number of piperazine rings is 1. The van der Waals surface area contributed by atoms with Crippen molar-refractivity contribution in [2.45, 2.75) is 33.6 Å². The van der Waals surface area contributed by atoms with Crippen molar-refractivity contribution in [1.82, 2.24) is 14.4 Å². The number of fused-ring (bicyclic) bond motifs is 3. The number of para-hydroxylation sites is 2. The Morgan fingerprint density at radius 3 is 2.42 bits per heavy atom. The monoisotopic (exact) mass is 438 g/mol. The molecule has 4 heterocycles. The maximum atomic E-state index is 10.1. The van der Waals surface area contributed by atoms with E-state index in [0.29, 0.717) is 11.5 Å². The highest BCUT2D eigenvalue weighted by atomic mass is 15.3. The van der Waals surface area contributed by atoms with Crippen LogP contribution >= 0.6 is 0 Å². The molecule has 4 aromatic rings. The number of pyridine rings is 2. The molecule has 33 heavy (non-hydrogen) atoms. The average Bonchev–Trinajstić information content (AvgIpc) is 3.22. The summed E-state index contributed by atoms with van der Waals surface area (Å²) in [5.74, 6) is 2.84. The summed E-state index contributed by atoms with van der Waals surface area (Å²) in [4.78, 5) is 14.3. The van der Waals surface area contributed by atoms with Gasteiger partial charge in [-0.05, 0) is 61.1 Å². The van der Waals surface area contributed by atoms with Gasteiger partial charge in [0.1, 0.15) is 17.7 Å². The van der Waals surface area contributed by atoms with Gasteiger partial charge in [-0.2, -0.15) is 5.26 Å². The van der Waals surface area contributed by atoms with E-state index in [1.807, 2.05) is 30.5 Å². The second-order valence-electron chi connectivity index (χ2n) is 9.27. The standard InChI is InChI=1S/C27H30N6/c1-19(2)11-12-21-20(3)22(18-28)26-30-23-8-4-5-9-24(23)33(26)27(21)32-16-14-31(15-17-32)25-10-6-7-13-29-25/h4-10,13,19H,11-12,14-17H2,1-3H3. The average molecular weight is 439 g/mol. The molecule has 0 radical (unpaired) electrons. The number of rotatable bonds is 5. The SMILES string of the molecule is Cc1c(CCC(C)C)c(N2CCN(c3ccccn3)CC2)n2c(nc3ccccc32)c1C#N. The van der Waals surface area contributed by atoms with Crippen molar-refractivity contribution in [2.75, 3.05) is 36.0 Å². The third-order valence-corrected chi connectivity index (χ3v) is 6.73. The van der Waals surface area contributed by atoms with Gasteiger partial charge in [-0.1, -0.05) is 32.0 Å². The van der Waals surface area contributed by atoms with E-state index >= 15 is 0 Å². The molecule has 1 aliphatic rings. The van der Waals surface area contributed by atoms with E-state index < -0.39 is 0 Å². The largest absolute Gasteiger partial charge is 0.354 e. The van der Waals surface area contributed by atoms with Gasteiger partial charge in [-0.25, -0.2) is 9.97 Å². The molecule has 0 spiro atoms. The molecule has 0 unspecified atom stereocenters. The fourth-order valence-corrected chi connectivity index (χ4v) is 4.92. The van der Waals surface area contributed by atoms with Gasteiger partial charge >= 0.3 is 0 Å². The minimum atomic E-state index is 0.596. The Bertz CT molecular complexity index is 1320. The fourth-order valence-electron chi connectivity index (χ4n) is 4.92. The summed E-state index contributed by atoms with van der Waals surface area (Å²) >= 11 is 0. The van der Waals surface area contributed by atoms with Crippen LogP contribution in [-0.2, 0) is 6.42 Å². The predicted octanol–water partition coefficient (Wildman–Crippen LogP) is 4.98. The lowest BCUT2D eigenvalue weighted by molar-refractivity contribution is 0.580. The van der Waals surface area contributed by atoms with Gasteiger partial charge in [0, 0.05) is 32.4 Å². The van der Waals surface area contributed by atoms with Crippen LogP contribution in [0.15, 0.2) is 48.7 Å². The smallest absolute Gasteiger partial charge is 0.157 e. The van der Waals surface area contributed by atoms with Crippen LogP contribution in [-0.4, -0.2) is 40.5 Å². The third kappa shape index (κ3) is 3.78. The fraction of sp³-hybridized carbons (Fsp3) is 0.370. The Hall–Kier alpha value is -3.59. The Morgan fingerprint density at radius 2 is 1.73 bits per heavy atom. The first-order valence-corrected chi connectivity index (χ1v) is 11.8. The Kier molecular flexibility index (Phi) is 5.63. The van der Waals surface area contributed by atoms with E-state index in [2.05, 4.69) is 64.2 Å². The Labute approximate surface area is 195 Å². The Morgan fingerprint density at radius 1 is 1.00 bits per heavy atom. The van der Waals surface area contributed by atoms with Crippen LogP contribution in [0.4, 0.5) is 11.6 Å². The number of hydrogen-bond acceptors (Lipinski definition) is 5. The van der Waals surface area contributed by atoms with Gasteiger partial charge in [0.2, 0.25) is 0 Å². The number of benzene rings is 1. The zero-order chi connectivity index (χ0) is 22.9. The quantitative estimate of drug-likeness (QED) is 0.440. The molecular formula is C27H30N6. The molecule has 6 nitrogen and oxygen atoms in total. The van der Waals surface area contributed by atoms with Gasteiger partial charge in [0.25, 0.3) is 0 Å². The molecule has 0 aliphatic carbocycles. The zero-order valence-electron chi connectivity index (χ0n) is 19.6. The summed E-state index contributed by atoms with van der Waals surface area (Å²) in [7, 11) is 0. The molecule has 0 N–H and O–H groups in total. The third-order valence-electron chi connectivity index (χ3n) is 6.73. The van der Waals surface area contributed by atoms with Crippen molar-refractivity contribution < 1.29 is 0 Å². The molecule has 5 rings (SSSR count). The molecule has 1 aromatic carbocycles. The summed E-state index contributed by atoms with van der Waals surface area (Å²) < 4.78 is 2.24. The van der Waals surface area contributed by atoms with E-state index in [1.165, 1.54) is 11.4 Å². The zero-order valence-corrected chi connectivity index (χ0v) is 19.6. The first kappa shape index (κ1) is 21.3. The van der Waals surface area contributed by atoms with Crippen LogP contribution in [0.3, 0.4) is 0 Å². The van der Waals surface area contributed by atoms with Gasteiger partial charge in [0.15, 0.2) is 5.65 Å². The Balaban J connectivity index is 1.65. The van der Waals surface area contributed by atoms with Crippen LogP contribution in [0.25, 0.3) is 16.7 Å².